The zero-order chi connectivity index (χ0) is 17.7. The molecule has 1 amide bonds. The lowest BCUT2D eigenvalue weighted by molar-refractivity contribution is -0.119. The van der Waals surface area contributed by atoms with Crippen LogP contribution in [-0.4, -0.2) is 30.7 Å². The third-order valence-corrected chi connectivity index (χ3v) is 2.96. The van der Waals surface area contributed by atoms with Crippen LogP contribution in [0.3, 0.4) is 0 Å². The third-order valence-electron chi connectivity index (χ3n) is 2.96. The smallest absolute Gasteiger partial charge is 0.342 e. The van der Waals surface area contributed by atoms with Crippen LogP contribution < -0.4 is 10.1 Å². The number of methoxy groups -OCH3 is 1. The van der Waals surface area contributed by atoms with E-state index in [1.165, 1.54) is 25.3 Å². The number of amides is 1. The highest BCUT2D eigenvalue weighted by atomic mass is 19.1. The van der Waals surface area contributed by atoms with E-state index in [0.717, 1.165) is 18.2 Å². The molecule has 24 heavy (non-hydrogen) atoms. The molecule has 0 saturated heterocycles. The highest BCUT2D eigenvalue weighted by Gasteiger charge is 2.16. The van der Waals surface area contributed by atoms with Crippen LogP contribution in [0.25, 0.3) is 0 Å². The number of phenolic OH excluding ortho intramolecular Hbond substituents is 1. The predicted octanol–water partition coefficient (Wildman–Crippen LogP) is 2.47. The molecular weight excluding hydrogens is 324 g/mol. The molecule has 126 valence electrons. The number of nitrogens with one attached hydrogen (secondary N) is 1. The summed E-state index contributed by atoms with van der Waals surface area (Å²) in [5, 5.41) is 11.8. The fourth-order valence-corrected chi connectivity index (χ4v) is 1.80. The molecule has 0 aromatic heterocycles. The number of phenols is 1. The van der Waals surface area contributed by atoms with E-state index >= 15 is 0 Å². The Hall–Kier alpha value is -3.16. The fraction of sp³-hybridized carbons (Fsp3) is 0.125. The van der Waals surface area contributed by atoms with E-state index in [4.69, 9.17) is 9.47 Å². The molecule has 8 heteroatoms. The van der Waals surface area contributed by atoms with Crippen molar-refractivity contribution >= 4 is 17.6 Å². The van der Waals surface area contributed by atoms with Crippen molar-refractivity contribution in [3.63, 3.8) is 0 Å². The van der Waals surface area contributed by atoms with Crippen LogP contribution in [-0.2, 0) is 9.53 Å². The number of hydrogen-bond donors (Lipinski definition) is 2. The standard InChI is InChI=1S/C16H13F2NO5/c1-23-10-3-4-11(14(20)7-10)16(22)24-8-15(21)19-13-6-9(17)2-5-12(13)18/h2-7,20H,8H2,1H3,(H,19,21). The molecule has 0 heterocycles. The van der Waals surface area contributed by atoms with Gasteiger partial charge in [0, 0.05) is 12.1 Å². The molecule has 2 rings (SSSR count). The molecule has 2 aromatic carbocycles. The van der Waals surface area contributed by atoms with Gasteiger partial charge in [-0.15, -0.1) is 0 Å². The lowest BCUT2D eigenvalue weighted by Gasteiger charge is -2.09. The average Bonchev–Trinajstić information content (AvgIpc) is 2.55. The summed E-state index contributed by atoms with van der Waals surface area (Å²) in [6, 6.07) is 6.45. The Kier molecular flexibility index (Phi) is 5.31. The quantitative estimate of drug-likeness (QED) is 0.819. The van der Waals surface area contributed by atoms with Gasteiger partial charge in [0.2, 0.25) is 0 Å². The molecule has 0 atom stereocenters. The molecule has 0 aliphatic rings. The van der Waals surface area contributed by atoms with Crippen molar-refractivity contribution in [2.24, 2.45) is 0 Å². The van der Waals surface area contributed by atoms with Gasteiger partial charge in [-0.2, -0.15) is 0 Å². The number of ether oxygens (including phenoxy) is 2. The van der Waals surface area contributed by atoms with E-state index in [-0.39, 0.29) is 17.0 Å². The van der Waals surface area contributed by atoms with Gasteiger partial charge in [0.1, 0.15) is 28.7 Å². The molecule has 0 bridgehead atoms. The first-order valence-electron chi connectivity index (χ1n) is 6.69. The summed E-state index contributed by atoms with van der Waals surface area (Å²) in [4.78, 5) is 23.4. The molecular formula is C16H13F2NO5. The van der Waals surface area contributed by atoms with Crippen LogP contribution in [0.4, 0.5) is 14.5 Å². The molecule has 0 saturated carbocycles. The molecule has 0 spiro atoms. The van der Waals surface area contributed by atoms with Gasteiger partial charge in [-0.3, -0.25) is 4.79 Å². The molecule has 0 radical (unpaired) electrons. The first kappa shape index (κ1) is 17.2. The minimum absolute atomic E-state index is 0.166. The zero-order valence-corrected chi connectivity index (χ0v) is 12.5. The molecule has 0 fully saturated rings. The van der Waals surface area contributed by atoms with E-state index in [9.17, 15) is 23.5 Å². The molecule has 2 aromatic rings. The van der Waals surface area contributed by atoms with E-state index in [0.29, 0.717) is 5.75 Å². The first-order chi connectivity index (χ1) is 11.4. The molecule has 2 N–H and O–H groups in total. The number of esters is 1. The molecule has 0 unspecified atom stereocenters. The van der Waals surface area contributed by atoms with Gasteiger partial charge >= 0.3 is 5.97 Å². The van der Waals surface area contributed by atoms with E-state index in [2.05, 4.69) is 5.32 Å². The number of benzene rings is 2. The Morgan fingerprint density at radius 3 is 2.58 bits per heavy atom. The van der Waals surface area contributed by atoms with Gasteiger partial charge in [0.25, 0.3) is 5.91 Å². The second-order valence-corrected chi connectivity index (χ2v) is 4.63. The molecule has 0 aliphatic heterocycles. The van der Waals surface area contributed by atoms with Gasteiger partial charge in [-0.25, -0.2) is 13.6 Å². The van der Waals surface area contributed by atoms with Crippen LogP contribution in [0.15, 0.2) is 36.4 Å². The van der Waals surface area contributed by atoms with E-state index in [1.54, 1.807) is 0 Å². The number of aromatic hydroxyl groups is 1. The first-order valence-corrected chi connectivity index (χ1v) is 6.69. The van der Waals surface area contributed by atoms with Gasteiger partial charge in [-0.05, 0) is 24.3 Å². The second-order valence-electron chi connectivity index (χ2n) is 4.63. The Bertz CT molecular complexity index is 779. The Labute approximate surface area is 135 Å². The number of hydrogen-bond acceptors (Lipinski definition) is 5. The van der Waals surface area contributed by atoms with Gasteiger partial charge in [0.05, 0.1) is 12.8 Å². The summed E-state index contributed by atoms with van der Waals surface area (Å²) in [7, 11) is 1.39. The van der Waals surface area contributed by atoms with Gasteiger partial charge in [-0.1, -0.05) is 0 Å². The monoisotopic (exact) mass is 337 g/mol. The van der Waals surface area contributed by atoms with Crippen molar-refractivity contribution in [1.29, 1.82) is 0 Å². The summed E-state index contributed by atoms with van der Waals surface area (Å²) in [5.41, 5.74) is -0.538. The number of carbonyl (C=O) groups excluding carboxylic acids is 2. The Morgan fingerprint density at radius 2 is 1.92 bits per heavy atom. The van der Waals surface area contributed by atoms with Crippen molar-refractivity contribution in [1.82, 2.24) is 0 Å². The summed E-state index contributed by atoms with van der Waals surface area (Å²) in [6.45, 7) is -0.736. The van der Waals surface area contributed by atoms with Gasteiger partial charge < -0.3 is 19.9 Å². The maximum absolute atomic E-state index is 13.4. The predicted molar refractivity (Wildman–Crippen MR) is 79.9 cm³/mol. The Balaban J connectivity index is 1.96. The number of rotatable bonds is 5. The topological polar surface area (TPSA) is 84.9 Å². The fourth-order valence-electron chi connectivity index (χ4n) is 1.80. The van der Waals surface area contributed by atoms with Crippen LogP contribution in [0.2, 0.25) is 0 Å². The Morgan fingerprint density at radius 1 is 1.17 bits per heavy atom. The summed E-state index contributed by atoms with van der Waals surface area (Å²) in [6.07, 6.45) is 0. The minimum atomic E-state index is -0.954. The summed E-state index contributed by atoms with van der Waals surface area (Å²) < 4.78 is 36.0. The maximum Gasteiger partial charge on any atom is 0.342 e. The summed E-state index contributed by atoms with van der Waals surface area (Å²) in [5.74, 6) is -3.42. The maximum atomic E-state index is 13.4. The van der Waals surface area contributed by atoms with Crippen molar-refractivity contribution in [3.8, 4) is 11.5 Å². The van der Waals surface area contributed by atoms with Crippen LogP contribution >= 0.6 is 0 Å². The largest absolute Gasteiger partial charge is 0.507 e. The highest BCUT2D eigenvalue weighted by Crippen LogP contribution is 2.24. The number of halogens is 2. The van der Waals surface area contributed by atoms with Crippen molar-refractivity contribution in [2.45, 2.75) is 0 Å². The molecule has 0 aliphatic carbocycles. The second kappa shape index (κ2) is 7.40. The highest BCUT2D eigenvalue weighted by molar-refractivity contribution is 5.96. The van der Waals surface area contributed by atoms with E-state index < -0.39 is 30.1 Å². The van der Waals surface area contributed by atoms with Crippen molar-refractivity contribution in [2.75, 3.05) is 19.0 Å². The SMILES string of the molecule is COc1ccc(C(=O)OCC(=O)Nc2cc(F)ccc2F)c(O)c1. The van der Waals surface area contributed by atoms with E-state index in [1.807, 2.05) is 0 Å². The zero-order valence-electron chi connectivity index (χ0n) is 12.5. The van der Waals surface area contributed by atoms with Gasteiger partial charge in [0.15, 0.2) is 6.61 Å². The van der Waals surface area contributed by atoms with Crippen molar-refractivity contribution < 1.29 is 33.0 Å². The minimum Gasteiger partial charge on any atom is -0.507 e. The summed E-state index contributed by atoms with van der Waals surface area (Å²) >= 11 is 0. The lowest BCUT2D eigenvalue weighted by Crippen LogP contribution is -2.21. The van der Waals surface area contributed by atoms with Crippen LogP contribution in [0.1, 0.15) is 10.4 Å². The number of anilines is 1. The normalized spacial score (nSPS) is 10.1. The van der Waals surface area contributed by atoms with Crippen LogP contribution in [0.5, 0.6) is 11.5 Å². The number of carbonyl (C=O) groups is 2. The third kappa shape index (κ3) is 4.19. The average molecular weight is 337 g/mol. The van der Waals surface area contributed by atoms with Crippen LogP contribution in [0, 0.1) is 11.6 Å². The van der Waals surface area contributed by atoms with Crippen molar-refractivity contribution in [3.05, 3.63) is 53.6 Å². The lowest BCUT2D eigenvalue weighted by atomic mass is 10.2. The molecule has 6 nitrogen and oxygen atoms in total.